The van der Waals surface area contributed by atoms with Crippen molar-refractivity contribution in [3.05, 3.63) is 38.9 Å². The Morgan fingerprint density at radius 3 is 2.56 bits per heavy atom. The second-order valence-electron chi connectivity index (χ2n) is 3.28. The van der Waals surface area contributed by atoms with Crippen LogP contribution in [0.15, 0.2) is 18.2 Å². The summed E-state index contributed by atoms with van der Waals surface area (Å²) >= 11 is 5.58. The lowest BCUT2D eigenvalue weighted by atomic mass is 10.1. The van der Waals surface area contributed by atoms with Crippen LogP contribution < -0.4 is 5.73 Å². The molecule has 0 fully saturated rings. The first-order valence-corrected chi connectivity index (χ1v) is 4.74. The van der Waals surface area contributed by atoms with E-state index in [1.807, 2.05) is 0 Å². The molecule has 0 aromatic heterocycles. The third-order valence-corrected chi connectivity index (χ3v) is 2.27. The topological polar surface area (TPSA) is 69.2 Å². The summed E-state index contributed by atoms with van der Waals surface area (Å²) < 4.78 is 25.9. The van der Waals surface area contributed by atoms with Gasteiger partial charge in [-0.05, 0) is 11.6 Å². The molecule has 88 valence electrons. The minimum Gasteiger partial charge on any atom is -0.325 e. The number of hydrogen-bond donors (Lipinski definition) is 1. The second-order valence-corrected chi connectivity index (χ2v) is 3.69. The van der Waals surface area contributed by atoms with Crippen LogP contribution in [-0.4, -0.2) is 17.4 Å². The zero-order chi connectivity index (χ0) is 12.3. The predicted molar refractivity (Wildman–Crippen MR) is 55.8 cm³/mol. The SMILES string of the molecule is NCC(F)(F)Cc1ccc([N+](=O)[O-])c(Cl)c1. The van der Waals surface area contributed by atoms with Gasteiger partial charge in [0, 0.05) is 12.5 Å². The summed E-state index contributed by atoms with van der Waals surface area (Å²) in [6.07, 6.45) is -0.582. The van der Waals surface area contributed by atoms with Gasteiger partial charge in [0.1, 0.15) is 5.02 Å². The average Bonchev–Trinajstić information content (AvgIpc) is 2.16. The smallest absolute Gasteiger partial charge is 0.287 e. The minimum absolute atomic E-state index is 0.157. The lowest BCUT2D eigenvalue weighted by molar-refractivity contribution is -0.384. The highest BCUT2D eigenvalue weighted by molar-refractivity contribution is 6.32. The largest absolute Gasteiger partial charge is 0.325 e. The molecule has 0 aliphatic heterocycles. The van der Waals surface area contributed by atoms with E-state index in [1.54, 1.807) is 0 Å². The normalized spacial score (nSPS) is 11.5. The molecule has 4 nitrogen and oxygen atoms in total. The van der Waals surface area contributed by atoms with Crippen LogP contribution in [0.1, 0.15) is 5.56 Å². The molecule has 0 bridgehead atoms. The average molecular weight is 251 g/mol. The molecule has 0 saturated carbocycles. The van der Waals surface area contributed by atoms with Crippen LogP contribution in [0.25, 0.3) is 0 Å². The fourth-order valence-corrected chi connectivity index (χ4v) is 1.45. The van der Waals surface area contributed by atoms with Gasteiger partial charge >= 0.3 is 0 Å². The van der Waals surface area contributed by atoms with Gasteiger partial charge in [-0.1, -0.05) is 17.7 Å². The molecule has 0 unspecified atom stereocenters. The Bertz CT molecular complexity index is 412. The molecule has 1 aromatic carbocycles. The van der Waals surface area contributed by atoms with Crippen molar-refractivity contribution < 1.29 is 13.7 Å². The van der Waals surface area contributed by atoms with E-state index in [1.165, 1.54) is 6.07 Å². The molecule has 0 amide bonds. The fourth-order valence-electron chi connectivity index (χ4n) is 1.18. The van der Waals surface area contributed by atoms with E-state index < -0.39 is 23.8 Å². The number of alkyl halides is 2. The summed E-state index contributed by atoms with van der Waals surface area (Å²) in [5, 5.41) is 10.3. The molecule has 1 rings (SSSR count). The van der Waals surface area contributed by atoms with E-state index >= 15 is 0 Å². The highest BCUT2D eigenvalue weighted by Crippen LogP contribution is 2.27. The van der Waals surface area contributed by atoms with E-state index in [2.05, 4.69) is 0 Å². The maximum absolute atomic E-state index is 12.9. The van der Waals surface area contributed by atoms with E-state index in [9.17, 15) is 18.9 Å². The van der Waals surface area contributed by atoms with Crippen molar-refractivity contribution in [2.45, 2.75) is 12.3 Å². The van der Waals surface area contributed by atoms with Crippen LogP contribution in [0, 0.1) is 10.1 Å². The first kappa shape index (κ1) is 12.8. The number of nitro benzene ring substituents is 1. The summed E-state index contributed by atoms with van der Waals surface area (Å²) in [6, 6.07) is 3.50. The van der Waals surface area contributed by atoms with Crippen molar-refractivity contribution in [3.8, 4) is 0 Å². The summed E-state index contributed by atoms with van der Waals surface area (Å²) in [5.74, 6) is -3.03. The highest BCUT2D eigenvalue weighted by Gasteiger charge is 2.27. The quantitative estimate of drug-likeness (QED) is 0.659. The number of nitrogens with zero attached hydrogens (tertiary/aromatic N) is 1. The highest BCUT2D eigenvalue weighted by atomic mass is 35.5. The number of nitro groups is 1. The Morgan fingerprint density at radius 2 is 2.12 bits per heavy atom. The van der Waals surface area contributed by atoms with E-state index in [0.717, 1.165) is 12.1 Å². The molecular formula is C9H9ClF2N2O2. The van der Waals surface area contributed by atoms with Crippen molar-refractivity contribution in [3.63, 3.8) is 0 Å². The molecule has 0 heterocycles. The van der Waals surface area contributed by atoms with Crippen molar-refractivity contribution in [2.75, 3.05) is 6.54 Å². The lowest BCUT2D eigenvalue weighted by Gasteiger charge is -2.13. The first-order valence-electron chi connectivity index (χ1n) is 4.36. The van der Waals surface area contributed by atoms with Crippen LogP contribution in [0.5, 0.6) is 0 Å². The van der Waals surface area contributed by atoms with Crippen LogP contribution in [0.2, 0.25) is 5.02 Å². The third kappa shape index (κ3) is 3.11. The van der Waals surface area contributed by atoms with Gasteiger partial charge in [0.15, 0.2) is 0 Å². The van der Waals surface area contributed by atoms with Crippen molar-refractivity contribution in [1.29, 1.82) is 0 Å². The Kier molecular flexibility index (Phi) is 3.77. The summed E-state index contributed by atoms with van der Waals surface area (Å²) in [5.41, 5.74) is 4.79. The molecule has 7 heteroatoms. The molecule has 0 aliphatic rings. The van der Waals surface area contributed by atoms with Crippen molar-refractivity contribution in [1.82, 2.24) is 0 Å². The summed E-state index contributed by atoms with van der Waals surface area (Å²) in [4.78, 5) is 9.75. The molecule has 0 saturated heterocycles. The van der Waals surface area contributed by atoms with Gasteiger partial charge < -0.3 is 5.73 Å². The van der Waals surface area contributed by atoms with E-state index in [-0.39, 0.29) is 16.3 Å². The molecule has 16 heavy (non-hydrogen) atoms. The predicted octanol–water partition coefficient (Wildman–Crippen LogP) is 2.38. The molecular weight excluding hydrogens is 242 g/mol. The Morgan fingerprint density at radius 1 is 1.50 bits per heavy atom. The van der Waals surface area contributed by atoms with Crippen LogP contribution >= 0.6 is 11.6 Å². The van der Waals surface area contributed by atoms with Gasteiger partial charge in [-0.3, -0.25) is 10.1 Å². The van der Waals surface area contributed by atoms with Crippen molar-refractivity contribution >= 4 is 17.3 Å². The molecule has 0 atom stereocenters. The molecule has 0 spiro atoms. The van der Waals surface area contributed by atoms with Crippen LogP contribution in [0.4, 0.5) is 14.5 Å². The van der Waals surface area contributed by atoms with Gasteiger partial charge in [-0.25, -0.2) is 8.78 Å². The number of rotatable bonds is 4. The monoisotopic (exact) mass is 250 g/mol. The Balaban J connectivity index is 2.94. The third-order valence-electron chi connectivity index (χ3n) is 1.97. The van der Waals surface area contributed by atoms with Crippen LogP contribution in [-0.2, 0) is 6.42 Å². The maximum Gasteiger partial charge on any atom is 0.287 e. The van der Waals surface area contributed by atoms with Gasteiger partial charge in [0.05, 0.1) is 11.5 Å². The van der Waals surface area contributed by atoms with Crippen molar-refractivity contribution in [2.24, 2.45) is 5.73 Å². The second kappa shape index (κ2) is 4.71. The zero-order valence-electron chi connectivity index (χ0n) is 8.12. The van der Waals surface area contributed by atoms with Gasteiger partial charge in [-0.15, -0.1) is 0 Å². The molecule has 0 radical (unpaired) electrons. The minimum atomic E-state index is -3.03. The van der Waals surface area contributed by atoms with Gasteiger partial charge in [0.25, 0.3) is 11.6 Å². The van der Waals surface area contributed by atoms with Gasteiger partial charge in [0.2, 0.25) is 0 Å². The molecule has 1 aromatic rings. The van der Waals surface area contributed by atoms with Crippen LogP contribution in [0.3, 0.4) is 0 Å². The Hall–Kier alpha value is -1.27. The number of hydrogen-bond acceptors (Lipinski definition) is 3. The lowest BCUT2D eigenvalue weighted by Crippen LogP contribution is -2.30. The molecule has 2 N–H and O–H groups in total. The van der Waals surface area contributed by atoms with E-state index in [4.69, 9.17) is 17.3 Å². The number of benzene rings is 1. The Labute approximate surface area is 95.2 Å². The molecule has 0 aliphatic carbocycles. The maximum atomic E-state index is 12.9. The fraction of sp³-hybridized carbons (Fsp3) is 0.333. The number of halogens is 3. The summed E-state index contributed by atoms with van der Waals surface area (Å²) in [7, 11) is 0. The number of nitrogens with two attached hydrogens (primary N) is 1. The summed E-state index contributed by atoms with van der Waals surface area (Å²) in [6.45, 7) is -0.776. The van der Waals surface area contributed by atoms with Gasteiger partial charge in [-0.2, -0.15) is 0 Å². The standard InChI is InChI=1S/C9H9ClF2N2O2/c10-7-3-6(4-9(11,12)5-13)1-2-8(7)14(15)16/h1-3H,4-5,13H2. The van der Waals surface area contributed by atoms with E-state index in [0.29, 0.717) is 0 Å². The first-order chi connectivity index (χ1) is 7.35. The zero-order valence-corrected chi connectivity index (χ0v) is 8.88.